The van der Waals surface area contributed by atoms with Crippen molar-refractivity contribution in [3.8, 4) is 0 Å². The van der Waals surface area contributed by atoms with Crippen LogP contribution in [0.1, 0.15) is 27.7 Å². The summed E-state index contributed by atoms with van der Waals surface area (Å²) in [6, 6.07) is 0. The molecule has 2 N–H and O–H groups in total. The van der Waals surface area contributed by atoms with Crippen molar-refractivity contribution in [2.24, 2.45) is 0 Å². The predicted octanol–water partition coefficient (Wildman–Crippen LogP) is 0.949. The van der Waals surface area contributed by atoms with E-state index in [2.05, 4.69) is 5.32 Å². The maximum atomic E-state index is 11.6. The first-order chi connectivity index (χ1) is 7.21. The van der Waals surface area contributed by atoms with Gasteiger partial charge in [0, 0.05) is 24.8 Å². The first-order valence-corrected chi connectivity index (χ1v) is 4.95. The third-order valence-electron chi connectivity index (χ3n) is 2.45. The van der Waals surface area contributed by atoms with Gasteiger partial charge < -0.3 is 15.2 Å². The Morgan fingerprint density at radius 3 is 2.12 bits per heavy atom. The number of carbonyl (C=O) groups excluding carboxylic acids is 1. The van der Waals surface area contributed by atoms with Gasteiger partial charge in [-0.05, 0) is 27.7 Å². The molecule has 0 aliphatic heterocycles. The molecule has 0 radical (unpaired) electrons. The van der Waals surface area contributed by atoms with Crippen molar-refractivity contribution < 1.29 is 19.4 Å². The molecule has 0 saturated carbocycles. The van der Waals surface area contributed by atoms with Gasteiger partial charge in [-0.15, -0.1) is 0 Å². The van der Waals surface area contributed by atoms with Gasteiger partial charge in [0.1, 0.15) is 0 Å². The SMILES string of the molecule is COC(C)(C)CNC(=O)C(C)=C(C)C(=O)O. The molecular formula is C11H19NO4. The summed E-state index contributed by atoms with van der Waals surface area (Å²) < 4.78 is 5.13. The standard InChI is InChI=1S/C11H19NO4/c1-7(8(2)10(14)15)9(13)12-6-11(3,4)16-5/h6H2,1-5H3,(H,12,13)(H,14,15). The Hall–Kier alpha value is -1.36. The number of ether oxygens (including phenoxy) is 1. The molecule has 0 aromatic rings. The van der Waals surface area contributed by atoms with E-state index >= 15 is 0 Å². The number of aliphatic carboxylic acids is 1. The summed E-state index contributed by atoms with van der Waals surface area (Å²) >= 11 is 0. The van der Waals surface area contributed by atoms with Crippen molar-refractivity contribution >= 4 is 11.9 Å². The summed E-state index contributed by atoms with van der Waals surface area (Å²) in [6.07, 6.45) is 0. The number of rotatable bonds is 5. The zero-order chi connectivity index (χ0) is 12.9. The van der Waals surface area contributed by atoms with E-state index in [1.165, 1.54) is 13.8 Å². The van der Waals surface area contributed by atoms with Crippen molar-refractivity contribution in [1.29, 1.82) is 0 Å². The first kappa shape index (κ1) is 14.6. The number of carboxylic acids is 1. The zero-order valence-corrected chi connectivity index (χ0v) is 10.4. The van der Waals surface area contributed by atoms with Crippen LogP contribution in [0.25, 0.3) is 0 Å². The highest BCUT2D eigenvalue weighted by Gasteiger charge is 2.19. The van der Waals surface area contributed by atoms with Crippen molar-refractivity contribution in [1.82, 2.24) is 5.32 Å². The summed E-state index contributed by atoms with van der Waals surface area (Å²) in [6.45, 7) is 6.87. The second-order valence-electron chi connectivity index (χ2n) is 4.20. The van der Waals surface area contributed by atoms with E-state index in [4.69, 9.17) is 9.84 Å². The molecule has 0 rings (SSSR count). The van der Waals surface area contributed by atoms with Gasteiger partial charge in [-0.3, -0.25) is 4.79 Å². The molecule has 0 aromatic carbocycles. The second-order valence-corrected chi connectivity index (χ2v) is 4.20. The predicted molar refractivity (Wildman–Crippen MR) is 60.1 cm³/mol. The summed E-state index contributed by atoms with van der Waals surface area (Å²) in [5, 5.41) is 11.3. The highest BCUT2D eigenvalue weighted by atomic mass is 16.5. The molecule has 5 nitrogen and oxygen atoms in total. The largest absolute Gasteiger partial charge is 0.478 e. The van der Waals surface area contributed by atoms with Crippen LogP contribution in [0.4, 0.5) is 0 Å². The third kappa shape index (κ3) is 4.44. The normalized spacial score (nSPS) is 13.1. The Morgan fingerprint density at radius 2 is 1.75 bits per heavy atom. The lowest BCUT2D eigenvalue weighted by atomic mass is 10.1. The molecule has 92 valence electrons. The van der Waals surface area contributed by atoms with Crippen LogP contribution in [-0.2, 0) is 14.3 Å². The van der Waals surface area contributed by atoms with Crippen LogP contribution < -0.4 is 5.32 Å². The number of nitrogens with one attached hydrogen (secondary N) is 1. The highest BCUT2D eigenvalue weighted by Crippen LogP contribution is 2.07. The third-order valence-corrected chi connectivity index (χ3v) is 2.45. The first-order valence-electron chi connectivity index (χ1n) is 4.95. The van der Waals surface area contributed by atoms with Gasteiger partial charge in [0.05, 0.1) is 5.60 Å². The van der Waals surface area contributed by atoms with Crippen molar-refractivity contribution in [3.05, 3.63) is 11.1 Å². The number of carboxylic acid groups (broad SMARTS) is 1. The number of hydrogen-bond donors (Lipinski definition) is 2. The van der Waals surface area contributed by atoms with Crippen LogP contribution in [0.3, 0.4) is 0 Å². The Kier molecular flexibility index (Phi) is 5.17. The molecule has 0 aliphatic carbocycles. The average molecular weight is 229 g/mol. The quantitative estimate of drug-likeness (QED) is 0.688. The van der Waals surface area contributed by atoms with Crippen LogP contribution in [0.2, 0.25) is 0 Å². The fraction of sp³-hybridized carbons (Fsp3) is 0.636. The van der Waals surface area contributed by atoms with E-state index in [9.17, 15) is 9.59 Å². The van der Waals surface area contributed by atoms with Gasteiger partial charge in [0.15, 0.2) is 0 Å². The summed E-state index contributed by atoms with van der Waals surface area (Å²) in [5.41, 5.74) is -0.209. The Bertz CT molecular complexity index is 318. The lowest BCUT2D eigenvalue weighted by molar-refractivity contribution is -0.133. The molecule has 0 atom stereocenters. The lowest BCUT2D eigenvalue weighted by Crippen LogP contribution is -2.40. The molecule has 0 bridgehead atoms. The maximum absolute atomic E-state index is 11.6. The van der Waals surface area contributed by atoms with Crippen LogP contribution in [0, 0.1) is 0 Å². The minimum Gasteiger partial charge on any atom is -0.478 e. The fourth-order valence-corrected chi connectivity index (χ4v) is 0.829. The van der Waals surface area contributed by atoms with Gasteiger partial charge in [-0.1, -0.05) is 0 Å². The van der Waals surface area contributed by atoms with E-state index < -0.39 is 11.6 Å². The van der Waals surface area contributed by atoms with E-state index in [0.717, 1.165) is 0 Å². The van der Waals surface area contributed by atoms with E-state index in [1.807, 2.05) is 13.8 Å². The van der Waals surface area contributed by atoms with Crippen LogP contribution in [0.15, 0.2) is 11.1 Å². The molecule has 1 amide bonds. The van der Waals surface area contributed by atoms with E-state index in [1.54, 1.807) is 7.11 Å². The van der Waals surface area contributed by atoms with Crippen LogP contribution in [-0.4, -0.2) is 36.2 Å². The minimum atomic E-state index is -1.08. The molecule has 0 unspecified atom stereocenters. The monoisotopic (exact) mass is 229 g/mol. The maximum Gasteiger partial charge on any atom is 0.331 e. The summed E-state index contributed by atoms with van der Waals surface area (Å²) in [7, 11) is 1.55. The van der Waals surface area contributed by atoms with Gasteiger partial charge in [-0.2, -0.15) is 0 Å². The number of hydrogen-bond acceptors (Lipinski definition) is 3. The average Bonchev–Trinajstić information content (AvgIpc) is 2.23. The van der Waals surface area contributed by atoms with Gasteiger partial charge in [0.25, 0.3) is 0 Å². The van der Waals surface area contributed by atoms with Crippen molar-refractivity contribution in [2.45, 2.75) is 33.3 Å². The molecule has 0 aromatic heterocycles. The van der Waals surface area contributed by atoms with Gasteiger partial charge in [-0.25, -0.2) is 4.79 Å². The Labute approximate surface area is 95.5 Å². The Balaban J connectivity index is 4.50. The van der Waals surface area contributed by atoms with Gasteiger partial charge in [0.2, 0.25) is 5.91 Å². The number of methoxy groups -OCH3 is 1. The molecule has 5 heteroatoms. The summed E-state index contributed by atoms with van der Waals surface area (Å²) in [4.78, 5) is 22.2. The van der Waals surface area contributed by atoms with E-state index in [0.29, 0.717) is 6.54 Å². The van der Waals surface area contributed by atoms with Crippen molar-refractivity contribution in [3.63, 3.8) is 0 Å². The minimum absolute atomic E-state index is 0.0488. The fourth-order valence-electron chi connectivity index (χ4n) is 0.829. The number of carbonyl (C=O) groups is 2. The molecule has 0 spiro atoms. The van der Waals surface area contributed by atoms with Crippen LogP contribution >= 0.6 is 0 Å². The molecule has 0 heterocycles. The van der Waals surface area contributed by atoms with Gasteiger partial charge >= 0.3 is 5.97 Å². The Morgan fingerprint density at radius 1 is 1.25 bits per heavy atom. The zero-order valence-electron chi connectivity index (χ0n) is 10.4. The smallest absolute Gasteiger partial charge is 0.331 e. The summed E-state index contributed by atoms with van der Waals surface area (Å²) in [5.74, 6) is -1.47. The molecule has 0 saturated heterocycles. The topological polar surface area (TPSA) is 75.6 Å². The van der Waals surface area contributed by atoms with E-state index in [-0.39, 0.29) is 17.1 Å². The van der Waals surface area contributed by atoms with Crippen molar-refractivity contribution in [2.75, 3.05) is 13.7 Å². The highest BCUT2D eigenvalue weighted by molar-refractivity contribution is 6.01. The lowest BCUT2D eigenvalue weighted by Gasteiger charge is -2.23. The molecule has 16 heavy (non-hydrogen) atoms. The van der Waals surface area contributed by atoms with Crippen LogP contribution in [0.5, 0.6) is 0 Å². The molecule has 0 aliphatic rings. The second kappa shape index (κ2) is 5.65. The molecule has 0 fully saturated rings. The number of amides is 1. The molecular weight excluding hydrogens is 210 g/mol.